The van der Waals surface area contributed by atoms with Crippen molar-refractivity contribution in [2.45, 2.75) is 11.8 Å². The van der Waals surface area contributed by atoms with Crippen LogP contribution in [0, 0.1) is 6.92 Å². The minimum atomic E-state index is -3.75. The molecule has 0 amide bonds. The van der Waals surface area contributed by atoms with Crippen molar-refractivity contribution in [3.8, 4) is 17.0 Å². The summed E-state index contributed by atoms with van der Waals surface area (Å²) in [7, 11) is -2.31. The quantitative estimate of drug-likeness (QED) is 0.554. The predicted molar refractivity (Wildman–Crippen MR) is 109 cm³/mol. The molecule has 1 N–H and O–H groups in total. The van der Waals surface area contributed by atoms with Gasteiger partial charge in [-0.05, 0) is 42.8 Å². The van der Waals surface area contributed by atoms with Gasteiger partial charge in [-0.2, -0.15) is 0 Å². The molecule has 0 unspecified atom stereocenters. The Balaban J connectivity index is 1.62. The van der Waals surface area contributed by atoms with Gasteiger partial charge in [-0.25, -0.2) is 13.4 Å². The fourth-order valence-corrected chi connectivity index (χ4v) is 4.28. The zero-order valence-corrected chi connectivity index (χ0v) is 16.3. The number of aryl methyl sites for hydroxylation is 1. The SMILES string of the molecule is COc1ccccc1S(=O)(=O)Nc1ccc(-c2cn3cccc(C)c3n2)cc1. The second-order valence-electron chi connectivity index (χ2n) is 6.38. The van der Waals surface area contributed by atoms with Crippen LogP contribution in [0.5, 0.6) is 5.75 Å². The van der Waals surface area contributed by atoms with Crippen molar-refractivity contribution < 1.29 is 13.2 Å². The lowest BCUT2D eigenvalue weighted by atomic mass is 10.1. The largest absolute Gasteiger partial charge is 0.495 e. The number of pyridine rings is 1. The van der Waals surface area contributed by atoms with Gasteiger partial charge in [0.15, 0.2) is 0 Å². The van der Waals surface area contributed by atoms with E-state index < -0.39 is 10.0 Å². The van der Waals surface area contributed by atoms with E-state index in [1.165, 1.54) is 13.2 Å². The van der Waals surface area contributed by atoms with Gasteiger partial charge in [0.1, 0.15) is 16.3 Å². The highest BCUT2D eigenvalue weighted by Gasteiger charge is 2.19. The van der Waals surface area contributed by atoms with Gasteiger partial charge in [0.2, 0.25) is 0 Å². The summed E-state index contributed by atoms with van der Waals surface area (Å²) in [6.07, 6.45) is 3.91. The summed E-state index contributed by atoms with van der Waals surface area (Å²) < 4.78 is 35.1. The van der Waals surface area contributed by atoms with Gasteiger partial charge in [-0.3, -0.25) is 4.72 Å². The minimum absolute atomic E-state index is 0.0948. The molecule has 0 aliphatic carbocycles. The Kier molecular flexibility index (Phi) is 4.52. The summed E-state index contributed by atoms with van der Waals surface area (Å²) in [5.41, 5.74) is 4.19. The summed E-state index contributed by atoms with van der Waals surface area (Å²) >= 11 is 0. The van der Waals surface area contributed by atoms with Gasteiger partial charge in [-0.1, -0.05) is 30.3 Å². The molecular weight excluding hydrogens is 374 g/mol. The molecule has 0 saturated heterocycles. The summed E-state index contributed by atoms with van der Waals surface area (Å²) in [6.45, 7) is 2.02. The Morgan fingerprint density at radius 1 is 1.00 bits per heavy atom. The zero-order valence-electron chi connectivity index (χ0n) is 15.5. The van der Waals surface area contributed by atoms with E-state index in [1.807, 2.05) is 48.0 Å². The van der Waals surface area contributed by atoms with Crippen molar-refractivity contribution in [1.82, 2.24) is 9.38 Å². The number of rotatable bonds is 5. The number of nitrogens with zero attached hydrogens (tertiary/aromatic N) is 2. The summed E-state index contributed by atoms with van der Waals surface area (Å²) in [6, 6.07) is 17.6. The van der Waals surface area contributed by atoms with Crippen LogP contribution in [0.2, 0.25) is 0 Å². The van der Waals surface area contributed by atoms with Gasteiger partial charge >= 0.3 is 0 Å². The minimum Gasteiger partial charge on any atom is -0.495 e. The number of nitrogens with one attached hydrogen (secondary N) is 1. The van der Waals surface area contributed by atoms with Crippen molar-refractivity contribution >= 4 is 21.4 Å². The molecule has 142 valence electrons. The number of para-hydroxylation sites is 1. The molecule has 4 aromatic rings. The van der Waals surface area contributed by atoms with E-state index in [0.717, 1.165) is 22.5 Å². The maximum Gasteiger partial charge on any atom is 0.265 e. The lowest BCUT2D eigenvalue weighted by Gasteiger charge is -2.11. The third kappa shape index (κ3) is 3.32. The standard InChI is InChI=1S/C21H19N3O3S/c1-15-6-5-13-24-14-18(22-21(15)24)16-9-11-17(12-10-16)23-28(25,26)20-8-4-3-7-19(20)27-2/h3-14,23H,1-2H3. The smallest absolute Gasteiger partial charge is 0.265 e. The number of sulfonamides is 1. The molecule has 7 heteroatoms. The van der Waals surface area contributed by atoms with Gasteiger partial charge in [0, 0.05) is 23.6 Å². The van der Waals surface area contributed by atoms with Crippen LogP contribution >= 0.6 is 0 Å². The van der Waals surface area contributed by atoms with Gasteiger partial charge in [0.05, 0.1) is 12.8 Å². The molecule has 2 aromatic heterocycles. The first-order chi connectivity index (χ1) is 13.5. The first kappa shape index (κ1) is 18.1. The lowest BCUT2D eigenvalue weighted by Crippen LogP contribution is -2.13. The molecule has 6 nitrogen and oxygen atoms in total. The van der Waals surface area contributed by atoms with Crippen LogP contribution in [-0.4, -0.2) is 24.9 Å². The van der Waals surface area contributed by atoms with Crippen molar-refractivity contribution in [2.24, 2.45) is 0 Å². The van der Waals surface area contributed by atoms with Gasteiger partial charge in [-0.15, -0.1) is 0 Å². The van der Waals surface area contributed by atoms with Crippen LogP contribution in [0.3, 0.4) is 0 Å². The number of imidazole rings is 1. The van der Waals surface area contributed by atoms with E-state index in [0.29, 0.717) is 11.4 Å². The lowest BCUT2D eigenvalue weighted by molar-refractivity contribution is 0.403. The number of ether oxygens (including phenoxy) is 1. The third-order valence-electron chi connectivity index (χ3n) is 4.47. The first-order valence-electron chi connectivity index (χ1n) is 8.68. The molecule has 0 aliphatic heterocycles. The Bertz CT molecular complexity index is 1250. The molecule has 0 spiro atoms. The van der Waals surface area contributed by atoms with Crippen LogP contribution in [0.4, 0.5) is 5.69 Å². The second-order valence-corrected chi connectivity index (χ2v) is 8.03. The van der Waals surface area contributed by atoms with E-state index in [2.05, 4.69) is 9.71 Å². The van der Waals surface area contributed by atoms with E-state index in [-0.39, 0.29) is 4.90 Å². The summed E-state index contributed by atoms with van der Waals surface area (Å²) in [5.74, 6) is 0.298. The van der Waals surface area contributed by atoms with E-state index in [9.17, 15) is 8.42 Å². The van der Waals surface area contributed by atoms with E-state index in [4.69, 9.17) is 4.74 Å². The predicted octanol–water partition coefficient (Wildman–Crippen LogP) is 4.12. The Labute approximate surface area is 163 Å². The molecule has 0 aliphatic rings. The third-order valence-corrected chi connectivity index (χ3v) is 5.89. The molecule has 0 fully saturated rings. The summed E-state index contributed by atoms with van der Waals surface area (Å²) in [5, 5.41) is 0. The topological polar surface area (TPSA) is 72.7 Å². The molecule has 4 rings (SSSR count). The molecular formula is C21H19N3O3S. The van der Waals surface area contributed by atoms with E-state index in [1.54, 1.807) is 30.3 Å². The number of hydrogen-bond acceptors (Lipinski definition) is 4. The van der Waals surface area contributed by atoms with Crippen molar-refractivity contribution in [3.63, 3.8) is 0 Å². The molecule has 28 heavy (non-hydrogen) atoms. The Morgan fingerprint density at radius 3 is 2.46 bits per heavy atom. The first-order valence-corrected chi connectivity index (χ1v) is 10.2. The second kappa shape index (κ2) is 7.01. The van der Waals surface area contributed by atoms with Crippen LogP contribution in [0.1, 0.15) is 5.56 Å². The maximum absolute atomic E-state index is 12.7. The maximum atomic E-state index is 12.7. The van der Waals surface area contributed by atoms with Crippen LogP contribution in [-0.2, 0) is 10.0 Å². The molecule has 2 aromatic carbocycles. The number of hydrogen-bond donors (Lipinski definition) is 1. The number of fused-ring (bicyclic) bond motifs is 1. The average Bonchev–Trinajstić information content (AvgIpc) is 3.14. The number of benzene rings is 2. The summed E-state index contributed by atoms with van der Waals surface area (Å²) in [4.78, 5) is 4.76. The zero-order chi connectivity index (χ0) is 19.7. The Hall–Kier alpha value is -3.32. The number of aromatic nitrogens is 2. The van der Waals surface area contributed by atoms with Crippen LogP contribution in [0.15, 0.2) is 78.0 Å². The highest BCUT2D eigenvalue weighted by atomic mass is 32.2. The number of anilines is 1. The van der Waals surface area contributed by atoms with Crippen molar-refractivity contribution in [2.75, 3.05) is 11.8 Å². The molecule has 0 radical (unpaired) electrons. The van der Waals surface area contributed by atoms with Crippen molar-refractivity contribution in [1.29, 1.82) is 0 Å². The molecule has 0 saturated carbocycles. The monoisotopic (exact) mass is 393 g/mol. The van der Waals surface area contributed by atoms with Crippen LogP contribution < -0.4 is 9.46 Å². The van der Waals surface area contributed by atoms with E-state index >= 15 is 0 Å². The van der Waals surface area contributed by atoms with Gasteiger partial charge < -0.3 is 9.14 Å². The Morgan fingerprint density at radius 2 is 1.75 bits per heavy atom. The highest BCUT2D eigenvalue weighted by molar-refractivity contribution is 7.92. The fourth-order valence-electron chi connectivity index (χ4n) is 3.05. The normalized spacial score (nSPS) is 11.5. The highest BCUT2D eigenvalue weighted by Crippen LogP contribution is 2.27. The molecule has 0 bridgehead atoms. The number of methoxy groups -OCH3 is 1. The van der Waals surface area contributed by atoms with Gasteiger partial charge in [0.25, 0.3) is 10.0 Å². The molecule has 2 heterocycles. The molecule has 0 atom stereocenters. The average molecular weight is 393 g/mol. The van der Waals surface area contributed by atoms with Crippen LogP contribution in [0.25, 0.3) is 16.9 Å². The fraction of sp³-hybridized carbons (Fsp3) is 0.0952. The van der Waals surface area contributed by atoms with Crippen molar-refractivity contribution in [3.05, 3.63) is 78.6 Å².